The van der Waals surface area contributed by atoms with Crippen LogP contribution in [0.3, 0.4) is 0 Å². The molecule has 5 nitrogen and oxygen atoms in total. The maximum absolute atomic E-state index is 10.6. The number of carbonyl (C=O) groups is 1. The Morgan fingerprint density at radius 3 is 2.75 bits per heavy atom. The Morgan fingerprint density at radius 1 is 1.31 bits per heavy atom. The lowest BCUT2D eigenvalue weighted by atomic mass is 10.2. The Balaban J connectivity index is 1.61. The Bertz CT molecular complexity index is 211. The van der Waals surface area contributed by atoms with E-state index in [2.05, 4.69) is 10.2 Å². The lowest BCUT2D eigenvalue weighted by molar-refractivity contribution is -0.119. The minimum absolute atomic E-state index is 0.373. The second-order valence-electron chi connectivity index (χ2n) is 4.47. The fourth-order valence-electron chi connectivity index (χ4n) is 2.22. The largest absolute Gasteiger partial charge is 0.376 e. The van der Waals surface area contributed by atoms with Crippen LogP contribution in [0.2, 0.25) is 0 Å². The minimum Gasteiger partial charge on any atom is -0.376 e. The summed E-state index contributed by atoms with van der Waals surface area (Å²) in [5.41, 5.74) is 0. The van der Waals surface area contributed by atoms with Crippen LogP contribution in [0.5, 0.6) is 0 Å². The molecule has 0 bridgehead atoms. The summed E-state index contributed by atoms with van der Waals surface area (Å²) in [6.45, 7) is 7.61. The smallest absolute Gasteiger partial charge is 0.209 e. The normalized spacial score (nSPS) is 28.0. The molecule has 2 aliphatic rings. The first kappa shape index (κ1) is 11.8. The number of piperazine rings is 1. The van der Waals surface area contributed by atoms with E-state index >= 15 is 0 Å². The highest BCUT2D eigenvalue weighted by Crippen LogP contribution is 2.05. The van der Waals surface area contributed by atoms with Crippen molar-refractivity contribution in [1.29, 1.82) is 0 Å². The van der Waals surface area contributed by atoms with Crippen LogP contribution in [0.15, 0.2) is 0 Å². The highest BCUT2D eigenvalue weighted by Gasteiger charge is 2.18. The van der Waals surface area contributed by atoms with Gasteiger partial charge >= 0.3 is 0 Å². The number of amides is 1. The monoisotopic (exact) mass is 227 g/mol. The first-order chi connectivity index (χ1) is 7.88. The second kappa shape index (κ2) is 6.18. The molecule has 1 atom stereocenters. The van der Waals surface area contributed by atoms with Gasteiger partial charge in [-0.3, -0.25) is 9.69 Å². The van der Waals surface area contributed by atoms with E-state index in [9.17, 15) is 4.79 Å². The van der Waals surface area contributed by atoms with Crippen molar-refractivity contribution in [2.75, 3.05) is 52.4 Å². The molecule has 2 saturated heterocycles. The molecule has 0 aromatic rings. The highest BCUT2D eigenvalue weighted by atomic mass is 16.5. The van der Waals surface area contributed by atoms with Crippen LogP contribution in [-0.4, -0.2) is 74.7 Å². The molecule has 0 aromatic heterocycles. The zero-order valence-corrected chi connectivity index (χ0v) is 9.73. The quantitative estimate of drug-likeness (QED) is 0.635. The molecule has 0 radical (unpaired) electrons. The summed E-state index contributed by atoms with van der Waals surface area (Å²) < 4.78 is 5.66. The maximum atomic E-state index is 10.6. The summed E-state index contributed by atoms with van der Waals surface area (Å²) in [6, 6.07) is 0. The van der Waals surface area contributed by atoms with Gasteiger partial charge in [-0.2, -0.15) is 0 Å². The highest BCUT2D eigenvalue weighted by molar-refractivity contribution is 5.47. The van der Waals surface area contributed by atoms with E-state index < -0.39 is 0 Å². The van der Waals surface area contributed by atoms with Gasteiger partial charge in [-0.1, -0.05) is 0 Å². The molecular formula is C11H21N3O2. The first-order valence-electron chi connectivity index (χ1n) is 6.12. The summed E-state index contributed by atoms with van der Waals surface area (Å²) >= 11 is 0. The molecule has 1 amide bonds. The molecule has 2 aliphatic heterocycles. The van der Waals surface area contributed by atoms with Gasteiger partial charge in [0.1, 0.15) is 0 Å². The Labute approximate surface area is 96.7 Å². The predicted octanol–water partition coefficient (Wildman–Crippen LogP) is -0.861. The van der Waals surface area contributed by atoms with Gasteiger partial charge in [-0.15, -0.1) is 0 Å². The molecule has 2 heterocycles. The number of rotatable bonds is 4. The number of hydrogen-bond acceptors (Lipinski definition) is 4. The average Bonchev–Trinajstić information content (AvgIpc) is 2.38. The Hall–Kier alpha value is -0.650. The SMILES string of the molecule is O=CN1CCN(CCC2CNCCO2)CC1. The summed E-state index contributed by atoms with van der Waals surface area (Å²) in [7, 11) is 0. The second-order valence-corrected chi connectivity index (χ2v) is 4.47. The molecule has 2 fully saturated rings. The standard InChI is InChI=1S/C11H21N3O2/c15-10-14-6-4-13(5-7-14)3-1-11-9-12-2-8-16-11/h10-12H,1-9H2. The molecule has 0 aliphatic carbocycles. The van der Waals surface area contributed by atoms with Crippen LogP contribution in [0.1, 0.15) is 6.42 Å². The van der Waals surface area contributed by atoms with E-state index in [1.54, 1.807) is 0 Å². The molecule has 1 N–H and O–H groups in total. The molecule has 5 heteroatoms. The van der Waals surface area contributed by atoms with Gasteiger partial charge in [0.2, 0.25) is 6.41 Å². The van der Waals surface area contributed by atoms with Crippen LogP contribution in [0, 0.1) is 0 Å². The van der Waals surface area contributed by atoms with Gasteiger partial charge < -0.3 is 15.0 Å². The van der Waals surface area contributed by atoms with E-state index in [0.29, 0.717) is 6.10 Å². The third-order valence-electron chi connectivity index (χ3n) is 3.33. The fraction of sp³-hybridized carbons (Fsp3) is 0.909. The number of morpholine rings is 1. The van der Waals surface area contributed by atoms with E-state index in [4.69, 9.17) is 4.74 Å². The molecule has 1 unspecified atom stereocenters. The molecule has 92 valence electrons. The van der Waals surface area contributed by atoms with Gasteiger partial charge in [0.25, 0.3) is 0 Å². The van der Waals surface area contributed by atoms with Crippen molar-refractivity contribution >= 4 is 6.41 Å². The number of hydrogen-bond donors (Lipinski definition) is 1. The lowest BCUT2D eigenvalue weighted by Crippen LogP contribution is -2.47. The Kier molecular flexibility index (Phi) is 4.56. The predicted molar refractivity (Wildman–Crippen MR) is 61.3 cm³/mol. The summed E-state index contributed by atoms with van der Waals surface area (Å²) in [6.07, 6.45) is 2.41. The lowest BCUT2D eigenvalue weighted by Gasteiger charge is -2.33. The summed E-state index contributed by atoms with van der Waals surface area (Å²) in [5.74, 6) is 0. The van der Waals surface area contributed by atoms with Crippen molar-refractivity contribution in [2.24, 2.45) is 0 Å². The summed E-state index contributed by atoms with van der Waals surface area (Å²) in [4.78, 5) is 14.8. The topological polar surface area (TPSA) is 44.8 Å². The van der Waals surface area contributed by atoms with Gasteiger partial charge in [0, 0.05) is 45.8 Å². The third kappa shape index (κ3) is 3.43. The van der Waals surface area contributed by atoms with Gasteiger partial charge in [-0.25, -0.2) is 0 Å². The van der Waals surface area contributed by atoms with Crippen LogP contribution < -0.4 is 5.32 Å². The van der Waals surface area contributed by atoms with Gasteiger partial charge in [-0.05, 0) is 6.42 Å². The van der Waals surface area contributed by atoms with Crippen molar-refractivity contribution in [3.8, 4) is 0 Å². The van der Waals surface area contributed by atoms with Crippen LogP contribution in [0.4, 0.5) is 0 Å². The average molecular weight is 227 g/mol. The molecular weight excluding hydrogens is 206 g/mol. The fourth-order valence-corrected chi connectivity index (χ4v) is 2.22. The third-order valence-corrected chi connectivity index (χ3v) is 3.33. The maximum Gasteiger partial charge on any atom is 0.209 e. The summed E-state index contributed by atoms with van der Waals surface area (Å²) in [5, 5.41) is 3.34. The first-order valence-corrected chi connectivity index (χ1v) is 6.12. The van der Waals surface area contributed by atoms with E-state index in [-0.39, 0.29) is 0 Å². The van der Waals surface area contributed by atoms with Gasteiger partial charge in [0.05, 0.1) is 12.7 Å². The van der Waals surface area contributed by atoms with Crippen molar-refractivity contribution in [3.63, 3.8) is 0 Å². The molecule has 2 rings (SSSR count). The van der Waals surface area contributed by atoms with E-state index in [1.165, 1.54) is 0 Å². The zero-order chi connectivity index (χ0) is 11.2. The van der Waals surface area contributed by atoms with Crippen molar-refractivity contribution < 1.29 is 9.53 Å². The van der Waals surface area contributed by atoms with Crippen LogP contribution >= 0.6 is 0 Å². The van der Waals surface area contributed by atoms with Crippen molar-refractivity contribution in [1.82, 2.24) is 15.1 Å². The van der Waals surface area contributed by atoms with Gasteiger partial charge in [0.15, 0.2) is 0 Å². The zero-order valence-electron chi connectivity index (χ0n) is 9.73. The Morgan fingerprint density at radius 2 is 2.12 bits per heavy atom. The molecule has 0 spiro atoms. The van der Waals surface area contributed by atoms with Crippen molar-refractivity contribution in [2.45, 2.75) is 12.5 Å². The number of carbonyl (C=O) groups excluding carboxylic acids is 1. The van der Waals surface area contributed by atoms with E-state index in [1.807, 2.05) is 4.90 Å². The molecule has 16 heavy (non-hydrogen) atoms. The van der Waals surface area contributed by atoms with Crippen molar-refractivity contribution in [3.05, 3.63) is 0 Å². The van der Waals surface area contributed by atoms with Crippen LogP contribution in [0.25, 0.3) is 0 Å². The molecule has 0 aromatic carbocycles. The van der Waals surface area contributed by atoms with E-state index in [0.717, 1.165) is 65.3 Å². The molecule has 0 saturated carbocycles. The number of nitrogens with one attached hydrogen (secondary N) is 1. The number of ether oxygens (including phenoxy) is 1. The number of nitrogens with zero attached hydrogens (tertiary/aromatic N) is 2. The van der Waals surface area contributed by atoms with Crippen LogP contribution in [-0.2, 0) is 9.53 Å². The minimum atomic E-state index is 0.373.